The summed E-state index contributed by atoms with van der Waals surface area (Å²) in [7, 11) is 0. The summed E-state index contributed by atoms with van der Waals surface area (Å²) in [5, 5.41) is 6.01. The summed E-state index contributed by atoms with van der Waals surface area (Å²) in [5.74, 6) is -0.658. The summed E-state index contributed by atoms with van der Waals surface area (Å²) in [4.78, 5) is 28.8. The molecular formula is C22H20ClN3O2. The fraction of sp³-hybridized carbons (Fsp3) is 0.136. The number of aromatic nitrogens is 1. The topological polar surface area (TPSA) is 71.1 Å². The molecule has 2 aromatic carbocycles. The summed E-state index contributed by atoms with van der Waals surface area (Å²) >= 11 is 6.05. The first kappa shape index (κ1) is 19.6. The van der Waals surface area contributed by atoms with Crippen LogP contribution in [0.15, 0.2) is 72.9 Å². The van der Waals surface area contributed by atoms with Crippen molar-refractivity contribution >= 4 is 29.1 Å². The van der Waals surface area contributed by atoms with Gasteiger partial charge in [-0.25, -0.2) is 0 Å². The molecule has 0 spiro atoms. The monoisotopic (exact) mass is 393 g/mol. The van der Waals surface area contributed by atoms with E-state index in [1.807, 2.05) is 18.2 Å². The molecule has 5 nitrogen and oxygen atoms in total. The molecule has 0 saturated carbocycles. The van der Waals surface area contributed by atoms with Crippen molar-refractivity contribution in [3.8, 4) is 0 Å². The third-order valence-electron chi connectivity index (χ3n) is 4.15. The Bertz CT molecular complexity index is 961. The van der Waals surface area contributed by atoms with Crippen molar-refractivity contribution in [3.63, 3.8) is 0 Å². The van der Waals surface area contributed by atoms with E-state index in [9.17, 15) is 9.59 Å². The Balaban J connectivity index is 1.55. The summed E-state index contributed by atoms with van der Waals surface area (Å²) in [6.07, 6.45) is 3.17. The van der Waals surface area contributed by atoms with Crippen molar-refractivity contribution in [3.05, 3.63) is 94.8 Å². The number of hydrogen-bond acceptors (Lipinski definition) is 3. The number of carbonyl (C=O) groups excluding carboxylic acids is 2. The van der Waals surface area contributed by atoms with E-state index in [0.717, 1.165) is 12.8 Å². The number of aryl methyl sites for hydroxylation is 1. The molecule has 3 rings (SSSR count). The standard InChI is InChI=1S/C22H20ClN3O2/c23-18-10-4-5-11-19(18)26-22(28)20-15-17(12-14-24-20)21(27)25-13-6-9-16-7-2-1-3-8-16/h1-5,7-8,10-12,14-15H,6,9,13H2,(H,25,27)(H,26,28). The SMILES string of the molecule is O=C(NCCCc1ccccc1)c1ccnc(C(=O)Nc2ccccc2Cl)c1. The van der Waals surface area contributed by atoms with Gasteiger partial charge in [0.1, 0.15) is 5.69 Å². The molecular weight excluding hydrogens is 374 g/mol. The summed E-state index contributed by atoms with van der Waals surface area (Å²) in [6.45, 7) is 0.553. The fourth-order valence-corrected chi connectivity index (χ4v) is 2.87. The average molecular weight is 394 g/mol. The highest BCUT2D eigenvalue weighted by molar-refractivity contribution is 6.33. The smallest absolute Gasteiger partial charge is 0.274 e. The van der Waals surface area contributed by atoms with Crippen LogP contribution in [0, 0.1) is 0 Å². The number of para-hydroxylation sites is 1. The quantitative estimate of drug-likeness (QED) is 0.586. The molecule has 0 aliphatic carbocycles. The van der Waals surface area contributed by atoms with E-state index >= 15 is 0 Å². The van der Waals surface area contributed by atoms with Gasteiger partial charge in [-0.2, -0.15) is 0 Å². The van der Waals surface area contributed by atoms with Gasteiger partial charge in [-0.05, 0) is 42.7 Å². The summed E-state index contributed by atoms with van der Waals surface area (Å²) in [5.41, 5.74) is 2.27. The minimum atomic E-state index is -0.424. The van der Waals surface area contributed by atoms with Crippen LogP contribution in [0.5, 0.6) is 0 Å². The zero-order valence-corrected chi connectivity index (χ0v) is 15.9. The molecule has 0 aliphatic rings. The Kier molecular flexibility index (Phi) is 6.76. The fourth-order valence-electron chi connectivity index (χ4n) is 2.69. The van der Waals surface area contributed by atoms with Gasteiger partial charge in [0.05, 0.1) is 10.7 Å². The largest absolute Gasteiger partial charge is 0.352 e. The maximum absolute atomic E-state index is 12.4. The predicted octanol–water partition coefficient (Wildman–Crippen LogP) is 4.35. The second-order valence-electron chi connectivity index (χ2n) is 6.21. The number of pyridine rings is 1. The highest BCUT2D eigenvalue weighted by Gasteiger charge is 2.13. The van der Waals surface area contributed by atoms with E-state index < -0.39 is 5.91 Å². The van der Waals surface area contributed by atoms with Gasteiger partial charge in [0.25, 0.3) is 11.8 Å². The van der Waals surface area contributed by atoms with Gasteiger partial charge < -0.3 is 10.6 Å². The Morgan fingerprint density at radius 3 is 2.46 bits per heavy atom. The van der Waals surface area contributed by atoms with Crippen LogP contribution in [-0.2, 0) is 6.42 Å². The van der Waals surface area contributed by atoms with Crippen LogP contribution in [0.2, 0.25) is 5.02 Å². The van der Waals surface area contributed by atoms with Crippen LogP contribution >= 0.6 is 11.6 Å². The van der Waals surface area contributed by atoms with E-state index in [1.165, 1.54) is 17.8 Å². The van der Waals surface area contributed by atoms with E-state index in [1.54, 1.807) is 30.3 Å². The van der Waals surface area contributed by atoms with Crippen LogP contribution < -0.4 is 10.6 Å². The van der Waals surface area contributed by atoms with Gasteiger partial charge in [-0.3, -0.25) is 14.6 Å². The Hall–Kier alpha value is -3.18. The Labute approximate surface area is 168 Å². The van der Waals surface area contributed by atoms with Crippen molar-refractivity contribution in [2.24, 2.45) is 0 Å². The number of nitrogens with zero attached hydrogens (tertiary/aromatic N) is 1. The molecule has 142 valence electrons. The average Bonchev–Trinajstić information content (AvgIpc) is 2.73. The zero-order valence-electron chi connectivity index (χ0n) is 15.2. The number of hydrogen-bond donors (Lipinski definition) is 2. The molecule has 3 aromatic rings. The molecule has 1 aromatic heterocycles. The maximum Gasteiger partial charge on any atom is 0.274 e. The predicted molar refractivity (Wildman–Crippen MR) is 111 cm³/mol. The van der Waals surface area contributed by atoms with E-state index in [0.29, 0.717) is 22.8 Å². The number of rotatable bonds is 7. The van der Waals surface area contributed by atoms with E-state index in [4.69, 9.17) is 11.6 Å². The number of benzene rings is 2. The first-order valence-corrected chi connectivity index (χ1v) is 9.35. The normalized spacial score (nSPS) is 10.3. The van der Waals surface area contributed by atoms with Crippen LogP contribution in [0.25, 0.3) is 0 Å². The molecule has 0 radical (unpaired) electrons. The second-order valence-corrected chi connectivity index (χ2v) is 6.62. The van der Waals surface area contributed by atoms with Gasteiger partial charge in [0.2, 0.25) is 0 Å². The molecule has 0 atom stereocenters. The third kappa shape index (κ3) is 5.41. The van der Waals surface area contributed by atoms with Crippen LogP contribution in [0.4, 0.5) is 5.69 Å². The molecule has 0 unspecified atom stereocenters. The van der Waals surface area contributed by atoms with Crippen LogP contribution in [-0.4, -0.2) is 23.3 Å². The number of nitrogens with one attached hydrogen (secondary N) is 2. The minimum Gasteiger partial charge on any atom is -0.352 e. The van der Waals surface area contributed by atoms with Crippen molar-refractivity contribution in [1.82, 2.24) is 10.3 Å². The molecule has 2 N–H and O–H groups in total. The first-order valence-electron chi connectivity index (χ1n) is 8.97. The van der Waals surface area contributed by atoms with Crippen LogP contribution in [0.3, 0.4) is 0 Å². The van der Waals surface area contributed by atoms with Crippen molar-refractivity contribution < 1.29 is 9.59 Å². The molecule has 1 heterocycles. The molecule has 6 heteroatoms. The molecule has 0 saturated heterocycles. The number of halogens is 1. The lowest BCUT2D eigenvalue weighted by molar-refractivity contribution is 0.0953. The molecule has 2 amide bonds. The van der Waals surface area contributed by atoms with Gasteiger partial charge in [-0.1, -0.05) is 54.1 Å². The molecule has 0 aliphatic heterocycles. The first-order chi connectivity index (χ1) is 13.6. The number of carbonyl (C=O) groups is 2. The number of anilines is 1. The lowest BCUT2D eigenvalue weighted by atomic mass is 10.1. The maximum atomic E-state index is 12.4. The van der Waals surface area contributed by atoms with Gasteiger partial charge >= 0.3 is 0 Å². The number of amides is 2. The van der Waals surface area contributed by atoms with Gasteiger partial charge in [-0.15, -0.1) is 0 Å². The second kappa shape index (κ2) is 9.67. The summed E-state index contributed by atoms with van der Waals surface area (Å²) < 4.78 is 0. The van der Waals surface area contributed by atoms with Crippen molar-refractivity contribution in [2.75, 3.05) is 11.9 Å². The van der Waals surface area contributed by atoms with Gasteiger partial charge in [0.15, 0.2) is 0 Å². The molecule has 28 heavy (non-hydrogen) atoms. The highest BCUT2D eigenvalue weighted by atomic mass is 35.5. The highest BCUT2D eigenvalue weighted by Crippen LogP contribution is 2.21. The lowest BCUT2D eigenvalue weighted by Gasteiger charge is -2.08. The van der Waals surface area contributed by atoms with E-state index in [-0.39, 0.29) is 11.6 Å². The minimum absolute atomic E-state index is 0.150. The molecule has 0 fully saturated rings. The van der Waals surface area contributed by atoms with Crippen molar-refractivity contribution in [1.29, 1.82) is 0 Å². The Morgan fingerprint density at radius 1 is 0.929 bits per heavy atom. The van der Waals surface area contributed by atoms with Crippen molar-refractivity contribution in [2.45, 2.75) is 12.8 Å². The van der Waals surface area contributed by atoms with Crippen LogP contribution in [0.1, 0.15) is 32.8 Å². The molecule has 0 bridgehead atoms. The zero-order chi connectivity index (χ0) is 19.8. The lowest BCUT2D eigenvalue weighted by Crippen LogP contribution is -2.25. The Morgan fingerprint density at radius 2 is 1.68 bits per heavy atom. The summed E-state index contributed by atoms with van der Waals surface area (Å²) in [6, 6.07) is 20.1. The van der Waals surface area contributed by atoms with Gasteiger partial charge in [0, 0.05) is 18.3 Å². The van der Waals surface area contributed by atoms with E-state index in [2.05, 4.69) is 27.8 Å². The third-order valence-corrected chi connectivity index (χ3v) is 4.48.